The summed E-state index contributed by atoms with van der Waals surface area (Å²) < 4.78 is 0. The van der Waals surface area contributed by atoms with Crippen LogP contribution in [0.3, 0.4) is 0 Å². The number of Topliss-reactive ketones (excluding diaryl/α,β-unsaturated/α-hetero) is 3. The fourth-order valence-electron chi connectivity index (χ4n) is 0.992. The lowest BCUT2D eigenvalue weighted by atomic mass is 10.0. The number of carbonyl (C=O) groups is 3. The molecule has 3 nitrogen and oxygen atoms in total. The molecule has 0 saturated heterocycles. The first kappa shape index (κ1) is 13.0. The monoisotopic (exact) mass is 198 g/mol. The highest BCUT2D eigenvalue weighted by molar-refractivity contribution is 5.89. The first-order chi connectivity index (χ1) is 6.43. The van der Waals surface area contributed by atoms with Crippen LogP contribution in [0.5, 0.6) is 0 Å². The Labute approximate surface area is 84.9 Å². The lowest BCUT2D eigenvalue weighted by molar-refractivity contribution is -0.126. The van der Waals surface area contributed by atoms with Crippen LogP contribution in [0.2, 0.25) is 0 Å². The zero-order valence-corrected chi connectivity index (χ0v) is 9.13. The lowest BCUT2D eigenvalue weighted by Crippen LogP contribution is -2.10. The Morgan fingerprint density at radius 1 is 0.929 bits per heavy atom. The van der Waals surface area contributed by atoms with Crippen LogP contribution in [0, 0.1) is 5.92 Å². The predicted octanol–water partition coefficient (Wildman–Crippen LogP) is 1.93. The van der Waals surface area contributed by atoms with E-state index in [-0.39, 0.29) is 36.1 Å². The molecule has 0 heterocycles. The van der Waals surface area contributed by atoms with E-state index < -0.39 is 0 Å². The highest BCUT2D eigenvalue weighted by atomic mass is 16.1. The van der Waals surface area contributed by atoms with E-state index in [9.17, 15) is 14.4 Å². The van der Waals surface area contributed by atoms with Crippen molar-refractivity contribution in [1.29, 1.82) is 0 Å². The molecule has 0 aromatic rings. The smallest absolute Gasteiger partial charge is 0.135 e. The SMILES string of the molecule is CC(=O)CCC(=O)CCC(=O)C(C)C. The largest absolute Gasteiger partial charge is 0.300 e. The van der Waals surface area contributed by atoms with Crippen molar-refractivity contribution in [2.45, 2.75) is 46.5 Å². The molecule has 0 fully saturated rings. The Morgan fingerprint density at radius 2 is 1.43 bits per heavy atom. The Balaban J connectivity index is 3.64. The summed E-state index contributed by atoms with van der Waals surface area (Å²) in [6.45, 7) is 5.11. The zero-order chi connectivity index (χ0) is 11.1. The summed E-state index contributed by atoms with van der Waals surface area (Å²) >= 11 is 0. The van der Waals surface area contributed by atoms with Crippen LogP contribution in [0.4, 0.5) is 0 Å². The summed E-state index contributed by atoms with van der Waals surface area (Å²) in [5, 5.41) is 0. The standard InChI is InChI=1S/C11H18O3/c1-8(2)11(14)7-6-10(13)5-4-9(3)12/h8H,4-7H2,1-3H3. The number of rotatable bonds is 7. The molecule has 0 rings (SSSR count). The fourth-order valence-corrected chi connectivity index (χ4v) is 0.992. The van der Waals surface area contributed by atoms with Gasteiger partial charge in [-0.3, -0.25) is 9.59 Å². The summed E-state index contributed by atoms with van der Waals surface area (Å²) in [6, 6.07) is 0. The molecule has 0 aliphatic heterocycles. The number of hydrogen-bond acceptors (Lipinski definition) is 3. The van der Waals surface area contributed by atoms with Gasteiger partial charge in [0.25, 0.3) is 0 Å². The zero-order valence-electron chi connectivity index (χ0n) is 9.13. The quantitative estimate of drug-likeness (QED) is 0.628. The molecule has 0 amide bonds. The second-order valence-electron chi connectivity index (χ2n) is 3.86. The minimum atomic E-state index is -0.00407. The van der Waals surface area contributed by atoms with Gasteiger partial charge in [0.1, 0.15) is 17.3 Å². The van der Waals surface area contributed by atoms with Crippen molar-refractivity contribution in [3.05, 3.63) is 0 Å². The topological polar surface area (TPSA) is 51.2 Å². The van der Waals surface area contributed by atoms with E-state index in [1.807, 2.05) is 13.8 Å². The van der Waals surface area contributed by atoms with Gasteiger partial charge < -0.3 is 4.79 Å². The van der Waals surface area contributed by atoms with Crippen molar-refractivity contribution in [3.8, 4) is 0 Å². The van der Waals surface area contributed by atoms with Crippen molar-refractivity contribution >= 4 is 17.3 Å². The molecule has 0 bridgehead atoms. The van der Waals surface area contributed by atoms with E-state index in [2.05, 4.69) is 0 Å². The minimum absolute atomic E-state index is 0.00407. The van der Waals surface area contributed by atoms with Gasteiger partial charge in [0.15, 0.2) is 0 Å². The molecular formula is C11H18O3. The first-order valence-electron chi connectivity index (χ1n) is 4.97. The summed E-state index contributed by atoms with van der Waals surface area (Å²) in [7, 11) is 0. The van der Waals surface area contributed by atoms with Gasteiger partial charge in [0.05, 0.1) is 0 Å². The van der Waals surface area contributed by atoms with Gasteiger partial charge >= 0.3 is 0 Å². The maximum atomic E-state index is 11.2. The molecule has 0 radical (unpaired) electrons. The third-order valence-corrected chi connectivity index (χ3v) is 2.05. The average Bonchev–Trinajstić information content (AvgIpc) is 2.10. The minimum Gasteiger partial charge on any atom is -0.300 e. The van der Waals surface area contributed by atoms with Crippen LogP contribution in [0.15, 0.2) is 0 Å². The van der Waals surface area contributed by atoms with Gasteiger partial charge in [0, 0.05) is 31.6 Å². The second kappa shape index (κ2) is 6.46. The molecule has 3 heteroatoms. The summed E-state index contributed by atoms with van der Waals surface area (Å²) in [6.07, 6.45) is 1.17. The normalized spacial score (nSPS) is 10.3. The van der Waals surface area contributed by atoms with E-state index in [0.29, 0.717) is 12.8 Å². The lowest BCUT2D eigenvalue weighted by Gasteiger charge is -2.02. The van der Waals surface area contributed by atoms with Crippen LogP contribution in [-0.4, -0.2) is 17.3 Å². The third-order valence-electron chi connectivity index (χ3n) is 2.05. The van der Waals surface area contributed by atoms with Crippen LogP contribution in [0.25, 0.3) is 0 Å². The van der Waals surface area contributed by atoms with Gasteiger partial charge in [-0.05, 0) is 6.92 Å². The first-order valence-corrected chi connectivity index (χ1v) is 4.97. The Kier molecular flexibility index (Phi) is 6.00. The highest BCUT2D eigenvalue weighted by Crippen LogP contribution is 2.05. The molecule has 0 unspecified atom stereocenters. The Bertz CT molecular complexity index is 229. The van der Waals surface area contributed by atoms with Crippen molar-refractivity contribution in [1.82, 2.24) is 0 Å². The number of ketones is 3. The van der Waals surface area contributed by atoms with E-state index in [1.165, 1.54) is 6.92 Å². The van der Waals surface area contributed by atoms with Gasteiger partial charge in [-0.2, -0.15) is 0 Å². The molecule has 0 spiro atoms. The van der Waals surface area contributed by atoms with Crippen molar-refractivity contribution in [3.63, 3.8) is 0 Å². The van der Waals surface area contributed by atoms with E-state index in [1.54, 1.807) is 0 Å². The Hall–Kier alpha value is -0.990. The van der Waals surface area contributed by atoms with E-state index in [4.69, 9.17) is 0 Å². The average molecular weight is 198 g/mol. The maximum Gasteiger partial charge on any atom is 0.135 e. The van der Waals surface area contributed by atoms with Crippen LogP contribution < -0.4 is 0 Å². The maximum absolute atomic E-state index is 11.2. The molecule has 80 valence electrons. The summed E-state index contributed by atoms with van der Waals surface area (Å²) in [4.78, 5) is 32.9. The molecule has 0 aromatic heterocycles. The number of carbonyl (C=O) groups excluding carboxylic acids is 3. The van der Waals surface area contributed by atoms with Gasteiger partial charge in [-0.15, -0.1) is 0 Å². The Morgan fingerprint density at radius 3 is 1.86 bits per heavy atom. The van der Waals surface area contributed by atoms with E-state index in [0.717, 1.165) is 0 Å². The van der Waals surface area contributed by atoms with Gasteiger partial charge in [-0.25, -0.2) is 0 Å². The molecule has 0 aromatic carbocycles. The molecule has 0 saturated carbocycles. The number of hydrogen-bond donors (Lipinski definition) is 0. The predicted molar refractivity (Wildman–Crippen MR) is 54.0 cm³/mol. The van der Waals surface area contributed by atoms with E-state index >= 15 is 0 Å². The summed E-state index contributed by atoms with van der Waals surface area (Å²) in [5.74, 6) is 0.138. The van der Waals surface area contributed by atoms with Gasteiger partial charge in [0.2, 0.25) is 0 Å². The molecule has 0 aliphatic rings. The van der Waals surface area contributed by atoms with Crippen molar-refractivity contribution < 1.29 is 14.4 Å². The third kappa shape index (κ3) is 6.52. The van der Waals surface area contributed by atoms with Crippen LogP contribution >= 0.6 is 0 Å². The molecule has 0 N–H and O–H groups in total. The molecule has 0 aliphatic carbocycles. The highest BCUT2D eigenvalue weighted by Gasteiger charge is 2.10. The molecular weight excluding hydrogens is 180 g/mol. The summed E-state index contributed by atoms with van der Waals surface area (Å²) in [5.41, 5.74) is 0. The molecule has 14 heavy (non-hydrogen) atoms. The van der Waals surface area contributed by atoms with Crippen LogP contribution in [-0.2, 0) is 14.4 Å². The van der Waals surface area contributed by atoms with Crippen molar-refractivity contribution in [2.75, 3.05) is 0 Å². The van der Waals surface area contributed by atoms with Crippen molar-refractivity contribution in [2.24, 2.45) is 5.92 Å². The fraction of sp³-hybridized carbons (Fsp3) is 0.727. The second-order valence-corrected chi connectivity index (χ2v) is 3.86. The van der Waals surface area contributed by atoms with Crippen LogP contribution in [0.1, 0.15) is 46.5 Å². The van der Waals surface area contributed by atoms with Gasteiger partial charge in [-0.1, -0.05) is 13.8 Å². The molecule has 0 atom stereocenters.